The van der Waals surface area contributed by atoms with E-state index in [0.717, 1.165) is 50.8 Å². The molecule has 162 valence electrons. The maximum Gasteiger partial charge on any atom is 0.315 e. The number of hydrogen-bond donors (Lipinski definition) is 2. The van der Waals surface area contributed by atoms with Gasteiger partial charge in [0, 0.05) is 51.0 Å². The van der Waals surface area contributed by atoms with E-state index in [4.69, 9.17) is 9.47 Å². The summed E-state index contributed by atoms with van der Waals surface area (Å²) in [6.45, 7) is 14.5. The highest BCUT2D eigenvalue weighted by Gasteiger charge is 2.28. The van der Waals surface area contributed by atoms with Gasteiger partial charge in [-0.3, -0.25) is 4.90 Å². The second kappa shape index (κ2) is 9.73. The normalized spacial score (nSPS) is 23.7. The molecule has 1 aromatic rings. The number of nitrogens with zero attached hydrogens (tertiary/aromatic N) is 3. The van der Waals surface area contributed by atoms with Crippen molar-refractivity contribution in [2.24, 2.45) is 0 Å². The molecule has 29 heavy (non-hydrogen) atoms. The van der Waals surface area contributed by atoms with Gasteiger partial charge in [-0.25, -0.2) is 9.78 Å². The molecule has 0 aromatic carbocycles. The van der Waals surface area contributed by atoms with E-state index in [-0.39, 0.29) is 23.8 Å². The highest BCUT2D eigenvalue weighted by Crippen LogP contribution is 2.18. The van der Waals surface area contributed by atoms with Crippen molar-refractivity contribution in [2.75, 3.05) is 50.8 Å². The number of hydrogen-bond acceptors (Lipinski definition) is 6. The van der Waals surface area contributed by atoms with Crippen LogP contribution in [0.4, 0.5) is 10.6 Å². The topological polar surface area (TPSA) is 79.0 Å². The summed E-state index contributed by atoms with van der Waals surface area (Å²) in [6, 6.07) is 3.87. The summed E-state index contributed by atoms with van der Waals surface area (Å²) in [7, 11) is 0. The largest absolute Gasteiger partial charge is 0.379 e. The van der Waals surface area contributed by atoms with Crippen molar-refractivity contribution < 1.29 is 14.3 Å². The highest BCUT2D eigenvalue weighted by atomic mass is 16.5. The minimum atomic E-state index is -0.161. The monoisotopic (exact) mass is 405 g/mol. The zero-order chi connectivity index (χ0) is 20.9. The van der Waals surface area contributed by atoms with Crippen LogP contribution in [-0.4, -0.2) is 79.6 Å². The standard InChI is InChI=1S/C21H35N5O3/c1-16-13-25(14-17(2)29-16)19-6-5-18(11-22-19)12-23-20(27)24-15-21(3,4)26-7-9-28-10-8-26/h5-6,11,16-17H,7-10,12-15H2,1-4H3,(H2,23,24,27). The summed E-state index contributed by atoms with van der Waals surface area (Å²) in [4.78, 5) is 21.4. The van der Waals surface area contributed by atoms with Crippen molar-refractivity contribution in [1.82, 2.24) is 20.5 Å². The fourth-order valence-corrected chi connectivity index (χ4v) is 3.90. The molecular formula is C21H35N5O3. The lowest BCUT2D eigenvalue weighted by atomic mass is 10.0. The molecule has 2 atom stereocenters. The average molecular weight is 406 g/mol. The number of morpholine rings is 2. The van der Waals surface area contributed by atoms with Crippen molar-refractivity contribution in [3.05, 3.63) is 23.9 Å². The third-order valence-electron chi connectivity index (χ3n) is 5.55. The molecule has 0 spiro atoms. The van der Waals surface area contributed by atoms with Gasteiger partial charge < -0.3 is 25.0 Å². The van der Waals surface area contributed by atoms with Crippen LogP contribution in [0.1, 0.15) is 33.3 Å². The maximum atomic E-state index is 12.2. The summed E-state index contributed by atoms with van der Waals surface area (Å²) in [5.74, 6) is 0.951. The summed E-state index contributed by atoms with van der Waals surface area (Å²) < 4.78 is 11.2. The third-order valence-corrected chi connectivity index (χ3v) is 5.55. The smallest absolute Gasteiger partial charge is 0.315 e. The minimum Gasteiger partial charge on any atom is -0.379 e. The number of amides is 2. The van der Waals surface area contributed by atoms with Crippen LogP contribution < -0.4 is 15.5 Å². The Bertz CT molecular complexity index is 651. The molecule has 1 aromatic heterocycles. The van der Waals surface area contributed by atoms with Crippen LogP contribution >= 0.6 is 0 Å². The first-order valence-corrected chi connectivity index (χ1v) is 10.5. The number of anilines is 1. The number of carbonyl (C=O) groups is 1. The van der Waals surface area contributed by atoms with E-state index in [0.29, 0.717) is 13.1 Å². The van der Waals surface area contributed by atoms with Crippen LogP contribution in [0, 0.1) is 0 Å². The van der Waals surface area contributed by atoms with Gasteiger partial charge in [0.05, 0.1) is 25.4 Å². The summed E-state index contributed by atoms with van der Waals surface area (Å²) in [6.07, 6.45) is 2.23. The van der Waals surface area contributed by atoms with Crippen molar-refractivity contribution >= 4 is 11.8 Å². The first-order valence-electron chi connectivity index (χ1n) is 10.5. The number of rotatable bonds is 6. The van der Waals surface area contributed by atoms with Gasteiger partial charge in [-0.2, -0.15) is 0 Å². The number of urea groups is 1. The molecule has 2 aliphatic heterocycles. The summed E-state index contributed by atoms with van der Waals surface area (Å²) >= 11 is 0. The van der Waals surface area contributed by atoms with Crippen LogP contribution in [0.25, 0.3) is 0 Å². The van der Waals surface area contributed by atoms with Gasteiger partial charge in [-0.15, -0.1) is 0 Å². The van der Waals surface area contributed by atoms with Gasteiger partial charge >= 0.3 is 6.03 Å². The lowest BCUT2D eigenvalue weighted by molar-refractivity contribution is -0.00874. The molecule has 3 rings (SSSR count). The molecule has 8 nitrogen and oxygen atoms in total. The van der Waals surface area contributed by atoms with Gasteiger partial charge in [-0.05, 0) is 39.3 Å². The Labute approximate surface area is 173 Å². The van der Waals surface area contributed by atoms with Gasteiger partial charge in [0.1, 0.15) is 5.82 Å². The van der Waals surface area contributed by atoms with Crippen LogP contribution in [0.2, 0.25) is 0 Å². The van der Waals surface area contributed by atoms with Crippen LogP contribution in [0.5, 0.6) is 0 Å². The van der Waals surface area contributed by atoms with Gasteiger partial charge in [0.25, 0.3) is 0 Å². The van der Waals surface area contributed by atoms with Gasteiger partial charge in [0.2, 0.25) is 0 Å². The molecule has 2 fully saturated rings. The van der Waals surface area contributed by atoms with E-state index in [2.05, 4.69) is 53.1 Å². The van der Waals surface area contributed by atoms with Crippen LogP contribution in [0.15, 0.2) is 18.3 Å². The lowest BCUT2D eigenvalue weighted by Gasteiger charge is -2.40. The van der Waals surface area contributed by atoms with E-state index in [9.17, 15) is 4.79 Å². The van der Waals surface area contributed by atoms with Crippen molar-refractivity contribution in [2.45, 2.75) is 52.0 Å². The molecule has 2 N–H and O–H groups in total. The lowest BCUT2D eigenvalue weighted by Crippen LogP contribution is -2.56. The highest BCUT2D eigenvalue weighted by molar-refractivity contribution is 5.73. The van der Waals surface area contributed by atoms with E-state index in [1.165, 1.54) is 0 Å². The molecule has 0 aliphatic carbocycles. The number of nitrogens with one attached hydrogen (secondary N) is 2. The third kappa shape index (κ3) is 6.29. The van der Waals surface area contributed by atoms with E-state index in [1.54, 1.807) is 0 Å². The molecule has 0 saturated carbocycles. The Balaban J connectivity index is 1.43. The van der Waals surface area contributed by atoms with E-state index < -0.39 is 0 Å². The number of ether oxygens (including phenoxy) is 2. The Morgan fingerprint density at radius 2 is 1.86 bits per heavy atom. The fourth-order valence-electron chi connectivity index (χ4n) is 3.90. The zero-order valence-corrected chi connectivity index (χ0v) is 18.1. The summed E-state index contributed by atoms with van der Waals surface area (Å²) in [5, 5.41) is 5.91. The molecule has 2 amide bonds. The van der Waals surface area contributed by atoms with Gasteiger partial charge in [0.15, 0.2) is 0 Å². The molecule has 2 unspecified atom stereocenters. The van der Waals surface area contributed by atoms with Crippen LogP contribution in [0.3, 0.4) is 0 Å². The summed E-state index contributed by atoms with van der Waals surface area (Å²) in [5.41, 5.74) is 0.877. The SMILES string of the molecule is CC1CN(c2ccc(CNC(=O)NCC(C)(C)N3CCOCC3)cn2)CC(C)O1. The fraction of sp³-hybridized carbons (Fsp3) is 0.714. The van der Waals surface area contributed by atoms with Gasteiger partial charge in [-0.1, -0.05) is 6.07 Å². The Hall–Kier alpha value is -1.90. The minimum absolute atomic E-state index is 0.100. The first-order chi connectivity index (χ1) is 13.8. The van der Waals surface area contributed by atoms with Crippen LogP contribution in [-0.2, 0) is 16.0 Å². The first kappa shape index (κ1) is 21.8. The molecule has 0 radical (unpaired) electrons. The Kier molecular flexibility index (Phi) is 7.32. The zero-order valence-electron chi connectivity index (χ0n) is 18.1. The maximum absolute atomic E-state index is 12.2. The van der Waals surface area contributed by atoms with Crippen molar-refractivity contribution in [3.8, 4) is 0 Å². The second-order valence-electron chi connectivity index (χ2n) is 8.64. The average Bonchev–Trinajstić information content (AvgIpc) is 2.71. The van der Waals surface area contributed by atoms with E-state index >= 15 is 0 Å². The second-order valence-corrected chi connectivity index (χ2v) is 8.64. The molecule has 2 saturated heterocycles. The quantitative estimate of drug-likeness (QED) is 0.749. The number of aromatic nitrogens is 1. The van der Waals surface area contributed by atoms with E-state index in [1.807, 2.05) is 18.3 Å². The molecule has 2 aliphatic rings. The van der Waals surface area contributed by atoms with Crippen molar-refractivity contribution in [3.63, 3.8) is 0 Å². The number of carbonyl (C=O) groups excluding carboxylic acids is 1. The Morgan fingerprint density at radius 1 is 1.17 bits per heavy atom. The molecule has 0 bridgehead atoms. The Morgan fingerprint density at radius 3 is 2.48 bits per heavy atom. The molecule has 3 heterocycles. The molecule has 8 heteroatoms. The predicted molar refractivity (Wildman–Crippen MR) is 113 cm³/mol. The molecular weight excluding hydrogens is 370 g/mol. The van der Waals surface area contributed by atoms with Crippen molar-refractivity contribution in [1.29, 1.82) is 0 Å². The predicted octanol–water partition coefficient (Wildman–Crippen LogP) is 1.61. The number of pyridine rings is 1.